The minimum Gasteiger partial charge on any atom is -0.483 e. The maximum absolute atomic E-state index is 11.3. The molecule has 1 saturated heterocycles. The maximum atomic E-state index is 11.3. The van der Waals surface area contributed by atoms with Crippen LogP contribution in [0.5, 0.6) is 0 Å². The van der Waals surface area contributed by atoms with Gasteiger partial charge in [0.05, 0.1) is 6.10 Å². The molecule has 0 aromatic carbocycles. The number of likely N-dealkylation sites (tertiary alicyclic amines) is 1. The van der Waals surface area contributed by atoms with Gasteiger partial charge in [0.15, 0.2) is 0 Å². The lowest BCUT2D eigenvalue weighted by molar-refractivity contribution is -0.123. The molecule has 1 heterocycles. The Morgan fingerprint density at radius 3 is 2.60 bits per heavy atom. The lowest BCUT2D eigenvalue weighted by Crippen LogP contribution is -2.37. The Bertz CT molecular complexity index is 259. The predicted octanol–water partition coefficient (Wildman–Crippen LogP) is 0.403. The summed E-state index contributed by atoms with van der Waals surface area (Å²) >= 11 is 1.70. The van der Waals surface area contributed by atoms with Crippen LogP contribution < -0.4 is 5.32 Å². The highest BCUT2D eigenvalue weighted by atomic mass is 32.2. The first-order valence-corrected chi connectivity index (χ1v) is 8.27. The van der Waals surface area contributed by atoms with E-state index in [1.54, 1.807) is 11.8 Å². The topological polar surface area (TPSA) is 89.9 Å². The van der Waals surface area contributed by atoms with E-state index >= 15 is 0 Å². The molecule has 0 aliphatic carbocycles. The lowest BCUT2D eigenvalue weighted by atomic mass is 10.1. The Kier molecular flexibility index (Phi) is 12.7. The van der Waals surface area contributed by atoms with Crippen molar-refractivity contribution in [1.29, 1.82) is 0 Å². The molecular formula is C13H26N2O4S. The van der Waals surface area contributed by atoms with Crippen LogP contribution in [0.1, 0.15) is 25.7 Å². The first-order valence-electron chi connectivity index (χ1n) is 6.88. The van der Waals surface area contributed by atoms with Crippen LogP contribution in [-0.4, -0.2) is 71.8 Å². The van der Waals surface area contributed by atoms with Crippen LogP contribution in [0.25, 0.3) is 0 Å². The highest BCUT2D eigenvalue weighted by Gasteiger charge is 2.15. The van der Waals surface area contributed by atoms with Crippen LogP contribution in [0.2, 0.25) is 0 Å². The Hall–Kier alpha value is -0.790. The van der Waals surface area contributed by atoms with Crippen molar-refractivity contribution < 1.29 is 19.8 Å². The second kappa shape index (κ2) is 13.2. The van der Waals surface area contributed by atoms with Gasteiger partial charge in [-0.25, -0.2) is 0 Å². The molecule has 0 atom stereocenters. The van der Waals surface area contributed by atoms with Gasteiger partial charge in [-0.05, 0) is 32.1 Å². The number of carboxylic acid groups (broad SMARTS) is 1. The van der Waals surface area contributed by atoms with Crippen LogP contribution in [0.15, 0.2) is 0 Å². The van der Waals surface area contributed by atoms with Gasteiger partial charge in [0.25, 0.3) is 6.47 Å². The van der Waals surface area contributed by atoms with Gasteiger partial charge in [-0.3, -0.25) is 9.59 Å². The van der Waals surface area contributed by atoms with Crippen LogP contribution in [0, 0.1) is 0 Å². The van der Waals surface area contributed by atoms with Crippen LogP contribution in [0.4, 0.5) is 0 Å². The first kappa shape index (κ1) is 19.2. The summed E-state index contributed by atoms with van der Waals surface area (Å²) in [5.74, 6) is 1.06. The summed E-state index contributed by atoms with van der Waals surface area (Å²) in [5.41, 5.74) is 0. The summed E-state index contributed by atoms with van der Waals surface area (Å²) in [5, 5.41) is 19.2. The van der Waals surface area contributed by atoms with Gasteiger partial charge in [-0.2, -0.15) is 11.8 Å². The van der Waals surface area contributed by atoms with E-state index < -0.39 is 0 Å². The Morgan fingerprint density at radius 2 is 2.05 bits per heavy atom. The number of rotatable bonds is 7. The van der Waals surface area contributed by atoms with Crippen molar-refractivity contribution in [2.45, 2.75) is 31.8 Å². The van der Waals surface area contributed by atoms with E-state index in [4.69, 9.17) is 9.90 Å². The molecule has 3 N–H and O–H groups in total. The zero-order chi connectivity index (χ0) is 15.2. The molecule has 1 aliphatic heterocycles. The van der Waals surface area contributed by atoms with Gasteiger partial charge < -0.3 is 20.4 Å². The quantitative estimate of drug-likeness (QED) is 0.466. The second-order valence-electron chi connectivity index (χ2n) is 4.62. The fourth-order valence-electron chi connectivity index (χ4n) is 1.96. The number of piperidine rings is 1. The lowest BCUT2D eigenvalue weighted by Gasteiger charge is -2.29. The summed E-state index contributed by atoms with van der Waals surface area (Å²) in [6.07, 6.45) is 5.31. The molecule has 1 rings (SSSR count). The van der Waals surface area contributed by atoms with Crippen molar-refractivity contribution in [3.63, 3.8) is 0 Å². The minimum atomic E-state index is -0.250. The first-order chi connectivity index (χ1) is 9.63. The molecule has 0 aromatic rings. The number of hydrogen-bond donors (Lipinski definition) is 3. The number of carbonyl (C=O) groups is 2. The van der Waals surface area contributed by atoms with E-state index in [0.717, 1.165) is 51.2 Å². The number of aliphatic hydroxyl groups is 1. The molecule has 20 heavy (non-hydrogen) atoms. The second-order valence-corrected chi connectivity index (χ2v) is 5.61. The number of nitrogens with one attached hydrogen (secondary N) is 1. The molecule has 118 valence electrons. The smallest absolute Gasteiger partial charge is 0.290 e. The molecule has 1 amide bonds. The summed E-state index contributed by atoms with van der Waals surface area (Å²) in [6.45, 7) is 3.52. The molecule has 0 bridgehead atoms. The zero-order valence-corrected chi connectivity index (χ0v) is 12.9. The van der Waals surface area contributed by atoms with Gasteiger partial charge in [-0.15, -0.1) is 0 Å². The number of amides is 1. The summed E-state index contributed by atoms with van der Waals surface area (Å²) in [7, 11) is 0. The third-order valence-corrected chi connectivity index (χ3v) is 3.68. The Morgan fingerprint density at radius 1 is 1.45 bits per heavy atom. The van der Waals surface area contributed by atoms with Crippen molar-refractivity contribution in [1.82, 2.24) is 10.2 Å². The molecular weight excluding hydrogens is 280 g/mol. The molecule has 1 fully saturated rings. The number of hydrogen-bond acceptors (Lipinski definition) is 5. The van der Waals surface area contributed by atoms with Gasteiger partial charge in [0.1, 0.15) is 0 Å². The van der Waals surface area contributed by atoms with Crippen molar-refractivity contribution >= 4 is 24.1 Å². The molecule has 0 spiro atoms. The normalized spacial score (nSPS) is 16.1. The van der Waals surface area contributed by atoms with E-state index in [9.17, 15) is 9.90 Å². The van der Waals surface area contributed by atoms with Crippen LogP contribution in [-0.2, 0) is 9.59 Å². The summed E-state index contributed by atoms with van der Waals surface area (Å²) < 4.78 is 0. The third kappa shape index (κ3) is 11.1. The van der Waals surface area contributed by atoms with E-state index in [1.165, 1.54) is 0 Å². The maximum Gasteiger partial charge on any atom is 0.290 e. The molecule has 0 saturated carbocycles. The van der Waals surface area contributed by atoms with Crippen molar-refractivity contribution in [2.24, 2.45) is 0 Å². The average Bonchev–Trinajstić information content (AvgIpc) is 2.44. The van der Waals surface area contributed by atoms with E-state index in [0.29, 0.717) is 6.42 Å². The number of aliphatic hydroxyl groups excluding tert-OH is 1. The number of carbonyl (C=O) groups excluding carboxylic acids is 1. The number of thioether (sulfide) groups is 1. The molecule has 0 radical (unpaired) electrons. The molecule has 7 heteroatoms. The van der Waals surface area contributed by atoms with Crippen LogP contribution in [0.3, 0.4) is 0 Å². The third-order valence-electron chi connectivity index (χ3n) is 3.06. The average molecular weight is 306 g/mol. The monoisotopic (exact) mass is 306 g/mol. The molecule has 0 unspecified atom stereocenters. The van der Waals surface area contributed by atoms with Crippen LogP contribution >= 0.6 is 11.8 Å². The predicted molar refractivity (Wildman–Crippen MR) is 81.0 cm³/mol. The summed E-state index contributed by atoms with van der Waals surface area (Å²) in [6, 6.07) is 0. The van der Waals surface area contributed by atoms with E-state index in [1.807, 2.05) is 6.26 Å². The highest BCUT2D eigenvalue weighted by Crippen LogP contribution is 2.09. The van der Waals surface area contributed by atoms with Crippen molar-refractivity contribution in [2.75, 3.05) is 38.2 Å². The van der Waals surface area contributed by atoms with Gasteiger partial charge in [0, 0.05) is 31.8 Å². The highest BCUT2D eigenvalue weighted by molar-refractivity contribution is 7.98. The van der Waals surface area contributed by atoms with Gasteiger partial charge in [-0.1, -0.05) is 0 Å². The minimum absolute atomic E-state index is 0.0995. The SMILES string of the molecule is CSCCC(=O)NCCCN1CCC(O)CC1.O=CO. The van der Waals surface area contributed by atoms with Gasteiger partial charge in [0.2, 0.25) is 5.91 Å². The van der Waals surface area contributed by atoms with E-state index in [-0.39, 0.29) is 18.5 Å². The van der Waals surface area contributed by atoms with Crippen molar-refractivity contribution in [3.8, 4) is 0 Å². The van der Waals surface area contributed by atoms with Crippen molar-refractivity contribution in [3.05, 3.63) is 0 Å². The largest absolute Gasteiger partial charge is 0.483 e. The fourth-order valence-corrected chi connectivity index (χ4v) is 2.35. The number of nitrogens with zero attached hydrogens (tertiary/aromatic N) is 1. The zero-order valence-electron chi connectivity index (χ0n) is 12.1. The fraction of sp³-hybridized carbons (Fsp3) is 0.846. The Balaban J connectivity index is 0.00000110. The molecule has 6 nitrogen and oxygen atoms in total. The standard InChI is InChI=1S/C12H24N2O2S.CH2O2/c1-17-10-5-12(16)13-6-2-7-14-8-3-11(15)4-9-14;2-1-3/h11,15H,2-10H2,1H3,(H,13,16);1H,(H,2,3). The molecule has 1 aliphatic rings. The van der Waals surface area contributed by atoms with E-state index in [2.05, 4.69) is 10.2 Å². The summed E-state index contributed by atoms with van der Waals surface area (Å²) in [4.78, 5) is 22.0. The molecule has 0 aromatic heterocycles. The van der Waals surface area contributed by atoms with Gasteiger partial charge >= 0.3 is 0 Å². The Labute approximate surface area is 124 Å².